The first kappa shape index (κ1) is 11.7. The van der Waals surface area contributed by atoms with Crippen LogP contribution < -0.4 is 5.32 Å². The van der Waals surface area contributed by atoms with Crippen molar-refractivity contribution in [1.82, 2.24) is 15.2 Å². The predicted molar refractivity (Wildman–Crippen MR) is 68.8 cm³/mol. The molecule has 0 radical (unpaired) electrons. The lowest BCUT2D eigenvalue weighted by atomic mass is 10.2. The van der Waals surface area contributed by atoms with Gasteiger partial charge in [0.25, 0.3) is 0 Å². The number of aromatic nitrogens is 1. The molecule has 0 bridgehead atoms. The number of rotatable bonds is 4. The van der Waals surface area contributed by atoms with Gasteiger partial charge in [0, 0.05) is 12.2 Å². The van der Waals surface area contributed by atoms with E-state index in [4.69, 9.17) is 0 Å². The Kier molecular flexibility index (Phi) is 3.28. The molecule has 1 amide bonds. The van der Waals surface area contributed by atoms with Gasteiger partial charge in [0.2, 0.25) is 5.91 Å². The summed E-state index contributed by atoms with van der Waals surface area (Å²) in [6, 6.07) is 6.36. The van der Waals surface area contributed by atoms with Crippen LogP contribution in [0.3, 0.4) is 0 Å². The summed E-state index contributed by atoms with van der Waals surface area (Å²) in [5.74, 6) is 0.264. The van der Waals surface area contributed by atoms with Crippen molar-refractivity contribution >= 4 is 5.91 Å². The van der Waals surface area contributed by atoms with E-state index in [-0.39, 0.29) is 11.9 Å². The maximum Gasteiger partial charge on any atom is 0.240 e. The Hall–Kier alpha value is -1.42. The molecule has 1 atom stereocenters. The molecule has 1 aliphatic heterocycles. The van der Waals surface area contributed by atoms with Crippen molar-refractivity contribution in [3.8, 4) is 0 Å². The first-order valence-electron chi connectivity index (χ1n) is 6.78. The Morgan fingerprint density at radius 2 is 2.28 bits per heavy atom. The summed E-state index contributed by atoms with van der Waals surface area (Å²) in [6.45, 7) is 1.63. The van der Waals surface area contributed by atoms with Gasteiger partial charge in [-0.15, -0.1) is 0 Å². The van der Waals surface area contributed by atoms with Crippen molar-refractivity contribution in [2.24, 2.45) is 0 Å². The van der Waals surface area contributed by atoms with Gasteiger partial charge in [0.05, 0.1) is 18.3 Å². The summed E-state index contributed by atoms with van der Waals surface area (Å²) in [5.41, 5.74) is 0.982. The first-order chi connectivity index (χ1) is 8.84. The van der Waals surface area contributed by atoms with Gasteiger partial charge in [0.15, 0.2) is 0 Å². The van der Waals surface area contributed by atoms with Crippen molar-refractivity contribution in [1.29, 1.82) is 0 Å². The van der Waals surface area contributed by atoms with Crippen molar-refractivity contribution in [3.63, 3.8) is 0 Å². The zero-order chi connectivity index (χ0) is 12.4. The minimum atomic E-state index is 0.0364. The fraction of sp³-hybridized carbons (Fsp3) is 0.571. The molecule has 0 spiro atoms. The lowest BCUT2D eigenvalue weighted by Gasteiger charge is -2.25. The standard InChI is InChI=1S/C14H19N3O/c18-14(13-5-3-9-16-13)17(12-6-7-12)10-11-4-1-2-8-15-11/h1-2,4,8,12-13,16H,3,5-7,9-10H2/t13-/m1/s1. The predicted octanol–water partition coefficient (Wildman–Crippen LogP) is 1.32. The van der Waals surface area contributed by atoms with Gasteiger partial charge in [-0.25, -0.2) is 0 Å². The molecule has 18 heavy (non-hydrogen) atoms. The molecule has 2 heterocycles. The second-order valence-electron chi connectivity index (χ2n) is 5.17. The molecule has 96 valence electrons. The number of nitrogens with zero attached hydrogens (tertiary/aromatic N) is 2. The Morgan fingerprint density at radius 3 is 2.89 bits per heavy atom. The number of hydrogen-bond donors (Lipinski definition) is 1. The van der Waals surface area contributed by atoms with Gasteiger partial charge >= 0.3 is 0 Å². The molecule has 3 rings (SSSR count). The van der Waals surface area contributed by atoms with Crippen LogP contribution >= 0.6 is 0 Å². The van der Waals surface area contributed by atoms with Crippen LogP contribution in [0.2, 0.25) is 0 Å². The summed E-state index contributed by atoms with van der Waals surface area (Å²) >= 11 is 0. The number of nitrogens with one attached hydrogen (secondary N) is 1. The maximum atomic E-state index is 12.5. The first-order valence-corrected chi connectivity index (χ1v) is 6.78. The Morgan fingerprint density at radius 1 is 1.39 bits per heavy atom. The van der Waals surface area contributed by atoms with Gasteiger partial charge in [-0.3, -0.25) is 9.78 Å². The Labute approximate surface area is 107 Å². The minimum Gasteiger partial charge on any atom is -0.332 e. The van der Waals surface area contributed by atoms with E-state index in [0.29, 0.717) is 12.6 Å². The SMILES string of the molecule is O=C([C@H]1CCCN1)N(Cc1ccccn1)C1CC1. The van der Waals surface area contributed by atoms with Crippen LogP contribution in [0.25, 0.3) is 0 Å². The number of carbonyl (C=O) groups excluding carboxylic acids is 1. The van der Waals surface area contributed by atoms with E-state index < -0.39 is 0 Å². The molecule has 1 aliphatic carbocycles. The number of pyridine rings is 1. The fourth-order valence-electron chi connectivity index (χ4n) is 2.53. The van der Waals surface area contributed by atoms with Crippen LogP contribution in [-0.4, -0.2) is 34.4 Å². The molecule has 2 fully saturated rings. The fourth-order valence-corrected chi connectivity index (χ4v) is 2.53. The van der Waals surface area contributed by atoms with Gasteiger partial charge in [-0.1, -0.05) is 6.07 Å². The Bertz CT molecular complexity index is 410. The van der Waals surface area contributed by atoms with Crippen molar-refractivity contribution in [3.05, 3.63) is 30.1 Å². The quantitative estimate of drug-likeness (QED) is 0.870. The lowest BCUT2D eigenvalue weighted by molar-refractivity contribution is -0.134. The smallest absolute Gasteiger partial charge is 0.240 e. The van der Waals surface area contributed by atoms with Gasteiger partial charge in [0.1, 0.15) is 0 Å². The molecule has 1 saturated carbocycles. The third-order valence-electron chi connectivity index (χ3n) is 3.69. The summed E-state index contributed by atoms with van der Waals surface area (Å²) in [6.07, 6.45) is 6.16. The third kappa shape index (κ3) is 2.53. The van der Waals surface area contributed by atoms with E-state index >= 15 is 0 Å². The highest BCUT2D eigenvalue weighted by atomic mass is 16.2. The molecule has 0 aromatic carbocycles. The van der Waals surface area contributed by atoms with Crippen molar-refractivity contribution < 1.29 is 4.79 Å². The molecule has 4 heteroatoms. The summed E-state index contributed by atoms with van der Waals surface area (Å²) in [4.78, 5) is 18.8. The number of carbonyl (C=O) groups is 1. The van der Waals surface area contributed by atoms with Gasteiger partial charge < -0.3 is 10.2 Å². The molecular weight excluding hydrogens is 226 g/mol. The highest BCUT2D eigenvalue weighted by Gasteiger charge is 2.36. The minimum absolute atomic E-state index is 0.0364. The van der Waals surface area contributed by atoms with E-state index in [0.717, 1.165) is 37.9 Å². The second kappa shape index (κ2) is 5.06. The maximum absolute atomic E-state index is 12.5. The average Bonchev–Trinajstić information content (AvgIpc) is 3.10. The molecule has 0 unspecified atom stereocenters. The molecule has 2 aliphatic rings. The third-order valence-corrected chi connectivity index (χ3v) is 3.69. The topological polar surface area (TPSA) is 45.2 Å². The molecule has 1 N–H and O–H groups in total. The van der Waals surface area contributed by atoms with Crippen LogP contribution in [0.1, 0.15) is 31.4 Å². The molecular formula is C14H19N3O. The highest BCUT2D eigenvalue weighted by molar-refractivity contribution is 5.82. The number of hydrogen-bond acceptors (Lipinski definition) is 3. The second-order valence-corrected chi connectivity index (χ2v) is 5.17. The molecule has 4 nitrogen and oxygen atoms in total. The Balaban J connectivity index is 1.70. The molecule has 1 aromatic heterocycles. The van der Waals surface area contributed by atoms with Gasteiger partial charge in [-0.05, 0) is 44.4 Å². The van der Waals surface area contributed by atoms with E-state index in [9.17, 15) is 4.79 Å². The van der Waals surface area contributed by atoms with Crippen molar-refractivity contribution in [2.45, 2.75) is 44.3 Å². The van der Waals surface area contributed by atoms with Crippen LogP contribution in [0.4, 0.5) is 0 Å². The summed E-state index contributed by atoms with van der Waals surface area (Å²) in [7, 11) is 0. The number of amides is 1. The van der Waals surface area contributed by atoms with Crippen LogP contribution in [0.5, 0.6) is 0 Å². The molecule has 1 saturated heterocycles. The van der Waals surface area contributed by atoms with Crippen LogP contribution in [-0.2, 0) is 11.3 Å². The van der Waals surface area contributed by atoms with Crippen LogP contribution in [0.15, 0.2) is 24.4 Å². The average molecular weight is 245 g/mol. The summed E-state index contributed by atoms with van der Waals surface area (Å²) < 4.78 is 0. The summed E-state index contributed by atoms with van der Waals surface area (Å²) in [5, 5.41) is 3.29. The zero-order valence-corrected chi connectivity index (χ0v) is 10.5. The lowest BCUT2D eigenvalue weighted by Crippen LogP contribution is -2.44. The monoisotopic (exact) mass is 245 g/mol. The normalized spacial score (nSPS) is 23.0. The molecule has 1 aromatic rings. The van der Waals surface area contributed by atoms with Gasteiger partial charge in [-0.2, -0.15) is 0 Å². The van der Waals surface area contributed by atoms with E-state index in [1.54, 1.807) is 6.20 Å². The van der Waals surface area contributed by atoms with Crippen molar-refractivity contribution in [2.75, 3.05) is 6.54 Å². The van der Waals surface area contributed by atoms with Crippen LogP contribution in [0, 0.1) is 0 Å². The van der Waals surface area contributed by atoms with E-state index in [2.05, 4.69) is 10.3 Å². The van der Waals surface area contributed by atoms with E-state index in [1.807, 2.05) is 23.1 Å². The largest absolute Gasteiger partial charge is 0.332 e. The highest BCUT2D eigenvalue weighted by Crippen LogP contribution is 2.29. The van der Waals surface area contributed by atoms with E-state index in [1.165, 1.54) is 0 Å². The zero-order valence-electron chi connectivity index (χ0n) is 10.5.